The molecule has 0 fully saturated rings. The Kier molecular flexibility index (Phi) is 2.60. The van der Waals surface area contributed by atoms with Crippen LogP contribution in [-0.4, -0.2) is 6.03 Å². The molecule has 0 aliphatic carbocycles. The number of hydrogen-bond donors (Lipinski definition) is 2. The summed E-state index contributed by atoms with van der Waals surface area (Å²) in [5.74, 6) is 0. The molecule has 76 valence electrons. The summed E-state index contributed by atoms with van der Waals surface area (Å²) in [5.41, 5.74) is 5.82. The minimum absolute atomic E-state index is 0.553. The van der Waals surface area contributed by atoms with Crippen molar-refractivity contribution in [1.29, 1.82) is 0 Å². The third kappa shape index (κ3) is 1.94. The fraction of sp³-hybridized carbons (Fsp3) is 0. The van der Waals surface area contributed by atoms with E-state index in [0.717, 1.165) is 20.9 Å². The quantitative estimate of drug-likeness (QED) is 0.817. The highest BCUT2D eigenvalue weighted by molar-refractivity contribution is 9.10. The zero-order valence-corrected chi connectivity index (χ0v) is 9.41. The zero-order valence-electron chi connectivity index (χ0n) is 7.83. The molecule has 0 bridgehead atoms. The van der Waals surface area contributed by atoms with Crippen molar-refractivity contribution in [1.82, 2.24) is 0 Å². The Balaban J connectivity index is 2.66. The molecular formula is C11H9BrN2O. The Morgan fingerprint density at radius 3 is 2.47 bits per heavy atom. The summed E-state index contributed by atoms with van der Waals surface area (Å²) in [6.07, 6.45) is 0. The molecule has 2 aromatic rings. The van der Waals surface area contributed by atoms with E-state index in [-0.39, 0.29) is 0 Å². The number of fused-ring (bicyclic) bond motifs is 1. The summed E-state index contributed by atoms with van der Waals surface area (Å²) in [4.78, 5) is 10.8. The van der Waals surface area contributed by atoms with Crippen LogP contribution in [0.2, 0.25) is 0 Å². The van der Waals surface area contributed by atoms with Crippen LogP contribution in [0.25, 0.3) is 10.8 Å². The summed E-state index contributed by atoms with van der Waals surface area (Å²) in [5, 5.41) is 4.60. The van der Waals surface area contributed by atoms with Crippen LogP contribution in [0.3, 0.4) is 0 Å². The van der Waals surface area contributed by atoms with Gasteiger partial charge in [0.25, 0.3) is 0 Å². The average Bonchev–Trinajstić information content (AvgIpc) is 2.22. The lowest BCUT2D eigenvalue weighted by Crippen LogP contribution is -2.19. The van der Waals surface area contributed by atoms with Crippen LogP contribution in [0, 0.1) is 0 Å². The van der Waals surface area contributed by atoms with Crippen LogP contribution in [0.1, 0.15) is 0 Å². The van der Waals surface area contributed by atoms with Crippen molar-refractivity contribution in [2.24, 2.45) is 5.73 Å². The standard InChI is InChI=1S/C11H9BrN2O/c12-9-5-6-10(14-11(13)15)8-4-2-1-3-7(8)9/h1-6H,(H3,13,14,15). The number of anilines is 1. The van der Waals surface area contributed by atoms with Crippen molar-refractivity contribution in [3.8, 4) is 0 Å². The van der Waals surface area contributed by atoms with Gasteiger partial charge in [0.15, 0.2) is 0 Å². The van der Waals surface area contributed by atoms with Crippen molar-refractivity contribution in [2.75, 3.05) is 5.32 Å². The lowest BCUT2D eigenvalue weighted by molar-refractivity contribution is 0.259. The predicted molar refractivity (Wildman–Crippen MR) is 64.9 cm³/mol. The second-order valence-electron chi connectivity index (χ2n) is 3.13. The monoisotopic (exact) mass is 264 g/mol. The van der Waals surface area contributed by atoms with Gasteiger partial charge in [-0.25, -0.2) is 4.79 Å². The molecule has 0 heterocycles. The van der Waals surface area contributed by atoms with Gasteiger partial charge < -0.3 is 11.1 Å². The Hall–Kier alpha value is -1.55. The van der Waals surface area contributed by atoms with Crippen LogP contribution < -0.4 is 11.1 Å². The number of hydrogen-bond acceptors (Lipinski definition) is 1. The van der Waals surface area contributed by atoms with E-state index in [1.165, 1.54) is 0 Å². The molecule has 4 heteroatoms. The van der Waals surface area contributed by atoms with E-state index in [0.29, 0.717) is 0 Å². The summed E-state index contributed by atoms with van der Waals surface area (Å²) < 4.78 is 0.994. The highest BCUT2D eigenvalue weighted by atomic mass is 79.9. The Morgan fingerprint density at radius 1 is 1.13 bits per heavy atom. The largest absolute Gasteiger partial charge is 0.351 e. The molecule has 0 aromatic heterocycles. The second-order valence-corrected chi connectivity index (χ2v) is 3.98. The first-order valence-electron chi connectivity index (χ1n) is 4.42. The van der Waals surface area contributed by atoms with Gasteiger partial charge in [0.2, 0.25) is 0 Å². The van der Waals surface area contributed by atoms with E-state index in [2.05, 4.69) is 21.2 Å². The lowest BCUT2D eigenvalue weighted by atomic mass is 10.1. The van der Waals surface area contributed by atoms with E-state index in [1.807, 2.05) is 36.4 Å². The van der Waals surface area contributed by atoms with Gasteiger partial charge in [0, 0.05) is 9.86 Å². The highest BCUT2D eigenvalue weighted by Crippen LogP contribution is 2.29. The zero-order chi connectivity index (χ0) is 10.8. The SMILES string of the molecule is NC(=O)Nc1ccc(Br)c2ccccc12. The first-order chi connectivity index (χ1) is 7.18. The summed E-state index contributed by atoms with van der Waals surface area (Å²) in [6, 6.07) is 10.9. The average molecular weight is 265 g/mol. The Labute approximate surface area is 95.4 Å². The third-order valence-electron chi connectivity index (χ3n) is 2.13. The van der Waals surface area contributed by atoms with E-state index in [9.17, 15) is 4.79 Å². The Morgan fingerprint density at radius 2 is 1.80 bits per heavy atom. The van der Waals surface area contributed by atoms with Crippen molar-refractivity contribution in [3.05, 3.63) is 40.9 Å². The molecule has 2 rings (SSSR count). The van der Waals surface area contributed by atoms with E-state index in [4.69, 9.17) is 5.73 Å². The fourth-order valence-electron chi connectivity index (χ4n) is 1.50. The minimum atomic E-state index is -0.553. The van der Waals surface area contributed by atoms with Crippen LogP contribution in [-0.2, 0) is 0 Å². The first-order valence-corrected chi connectivity index (χ1v) is 5.21. The highest BCUT2D eigenvalue weighted by Gasteiger charge is 2.04. The van der Waals surface area contributed by atoms with Crippen LogP contribution in [0.4, 0.5) is 10.5 Å². The molecule has 0 spiro atoms. The summed E-state index contributed by atoms with van der Waals surface area (Å²) >= 11 is 3.45. The summed E-state index contributed by atoms with van der Waals surface area (Å²) in [6.45, 7) is 0. The third-order valence-corrected chi connectivity index (χ3v) is 2.82. The van der Waals surface area contributed by atoms with Gasteiger partial charge >= 0.3 is 6.03 Å². The second kappa shape index (κ2) is 3.90. The Bertz CT molecular complexity index is 525. The fourth-order valence-corrected chi connectivity index (χ4v) is 1.98. The van der Waals surface area contributed by atoms with Crippen molar-refractivity contribution < 1.29 is 4.79 Å². The maximum Gasteiger partial charge on any atom is 0.316 e. The van der Waals surface area contributed by atoms with Crippen molar-refractivity contribution in [3.63, 3.8) is 0 Å². The number of halogens is 1. The van der Waals surface area contributed by atoms with Gasteiger partial charge in [0.1, 0.15) is 0 Å². The normalized spacial score (nSPS) is 10.2. The van der Waals surface area contributed by atoms with Gasteiger partial charge in [-0.2, -0.15) is 0 Å². The molecule has 0 radical (unpaired) electrons. The lowest BCUT2D eigenvalue weighted by Gasteiger charge is -2.07. The molecule has 2 amide bonds. The number of primary amides is 1. The number of nitrogens with two attached hydrogens (primary N) is 1. The molecule has 3 N–H and O–H groups in total. The molecule has 0 unspecified atom stereocenters. The number of rotatable bonds is 1. The van der Waals surface area contributed by atoms with Crippen molar-refractivity contribution >= 4 is 38.4 Å². The van der Waals surface area contributed by atoms with E-state index < -0.39 is 6.03 Å². The smallest absolute Gasteiger partial charge is 0.316 e. The number of carbonyl (C=O) groups is 1. The summed E-state index contributed by atoms with van der Waals surface area (Å²) in [7, 11) is 0. The van der Waals surface area contributed by atoms with Crippen LogP contribution in [0.15, 0.2) is 40.9 Å². The van der Waals surface area contributed by atoms with E-state index in [1.54, 1.807) is 0 Å². The van der Waals surface area contributed by atoms with E-state index >= 15 is 0 Å². The maximum atomic E-state index is 10.8. The number of carbonyl (C=O) groups excluding carboxylic acids is 1. The maximum absolute atomic E-state index is 10.8. The predicted octanol–water partition coefficient (Wildman–Crippen LogP) is 3.09. The number of urea groups is 1. The molecule has 0 aliphatic rings. The molecule has 0 saturated carbocycles. The molecule has 0 aliphatic heterocycles. The van der Waals surface area contributed by atoms with Gasteiger partial charge in [-0.05, 0) is 17.5 Å². The first kappa shape index (κ1) is 9.98. The van der Waals surface area contributed by atoms with Crippen LogP contribution >= 0.6 is 15.9 Å². The molecule has 0 saturated heterocycles. The molecular weight excluding hydrogens is 256 g/mol. The molecule has 15 heavy (non-hydrogen) atoms. The van der Waals surface area contributed by atoms with Crippen molar-refractivity contribution in [2.45, 2.75) is 0 Å². The molecule has 0 atom stereocenters. The molecule has 2 aromatic carbocycles. The van der Waals surface area contributed by atoms with Crippen LogP contribution in [0.5, 0.6) is 0 Å². The number of benzene rings is 2. The van der Waals surface area contributed by atoms with Gasteiger partial charge in [-0.1, -0.05) is 40.2 Å². The van der Waals surface area contributed by atoms with Gasteiger partial charge in [-0.15, -0.1) is 0 Å². The van der Waals surface area contributed by atoms with Gasteiger partial charge in [0.05, 0.1) is 5.69 Å². The number of amides is 2. The van der Waals surface area contributed by atoms with Gasteiger partial charge in [-0.3, -0.25) is 0 Å². The molecule has 3 nitrogen and oxygen atoms in total. The topological polar surface area (TPSA) is 55.1 Å². The number of nitrogens with one attached hydrogen (secondary N) is 1. The minimum Gasteiger partial charge on any atom is -0.351 e.